The number of benzene rings is 3. The molecule has 1 aliphatic carbocycles. The second kappa shape index (κ2) is 9.87. The Hall–Kier alpha value is -4.89. The molecule has 0 aliphatic heterocycles. The van der Waals surface area contributed by atoms with Crippen LogP contribution >= 0.6 is 0 Å². The van der Waals surface area contributed by atoms with Crippen LogP contribution in [0.2, 0.25) is 0 Å². The molecular weight excluding hydrogens is 474 g/mol. The summed E-state index contributed by atoms with van der Waals surface area (Å²) in [6.45, 7) is 0.266. The summed E-state index contributed by atoms with van der Waals surface area (Å²) in [6.07, 6.45) is 3.99. The minimum absolute atomic E-state index is 0.191. The van der Waals surface area contributed by atoms with Crippen molar-refractivity contribution in [1.29, 1.82) is 5.26 Å². The Morgan fingerprint density at radius 2 is 1.87 bits per heavy atom. The summed E-state index contributed by atoms with van der Waals surface area (Å²) in [5.74, 6) is 1.46. The van der Waals surface area contributed by atoms with Crippen LogP contribution in [0.1, 0.15) is 35.6 Å². The standard InChI is InChI=1S/C32H25N3O3/c1-37-30-17-23(11-12-24(30)19-33)32-27(21-9-10-21)6-4-8-29(32)35-16-15-26(18-31(35)36)38-20-25-14-13-22-5-2-3-7-28(22)34-25/h2-8,11-18,21H,9-10,20H2,1H3. The molecule has 0 bridgehead atoms. The van der Waals surface area contributed by atoms with E-state index < -0.39 is 0 Å². The molecule has 0 atom stereocenters. The summed E-state index contributed by atoms with van der Waals surface area (Å²) >= 11 is 0. The summed E-state index contributed by atoms with van der Waals surface area (Å²) in [5, 5.41) is 10.5. The van der Waals surface area contributed by atoms with Gasteiger partial charge < -0.3 is 9.47 Å². The van der Waals surface area contributed by atoms with E-state index in [2.05, 4.69) is 17.1 Å². The zero-order valence-corrected chi connectivity index (χ0v) is 20.9. The first-order valence-electron chi connectivity index (χ1n) is 12.6. The van der Waals surface area contributed by atoms with E-state index in [-0.39, 0.29) is 12.2 Å². The van der Waals surface area contributed by atoms with E-state index in [1.54, 1.807) is 30.0 Å². The highest BCUT2D eigenvalue weighted by atomic mass is 16.5. The van der Waals surface area contributed by atoms with Crippen molar-refractivity contribution < 1.29 is 9.47 Å². The van der Waals surface area contributed by atoms with Gasteiger partial charge in [0.05, 0.1) is 29.6 Å². The van der Waals surface area contributed by atoms with E-state index in [4.69, 9.17) is 9.47 Å². The number of nitrogens with zero attached hydrogens (tertiary/aromatic N) is 3. The van der Waals surface area contributed by atoms with Gasteiger partial charge in [-0.05, 0) is 66.3 Å². The van der Waals surface area contributed by atoms with Crippen molar-refractivity contribution in [1.82, 2.24) is 9.55 Å². The minimum atomic E-state index is -0.191. The topological polar surface area (TPSA) is 77.1 Å². The molecule has 0 spiro atoms. The molecule has 0 radical (unpaired) electrons. The average molecular weight is 500 g/mol. The van der Waals surface area contributed by atoms with Gasteiger partial charge in [-0.1, -0.05) is 42.5 Å². The Morgan fingerprint density at radius 3 is 2.66 bits per heavy atom. The molecule has 3 aromatic carbocycles. The Bertz CT molecular complexity index is 1760. The largest absolute Gasteiger partial charge is 0.495 e. The lowest BCUT2D eigenvalue weighted by Gasteiger charge is -2.18. The molecule has 1 aliphatic rings. The number of ether oxygens (including phenoxy) is 2. The van der Waals surface area contributed by atoms with Gasteiger partial charge in [0.2, 0.25) is 0 Å². The molecule has 0 N–H and O–H groups in total. The monoisotopic (exact) mass is 499 g/mol. The number of methoxy groups -OCH3 is 1. The lowest BCUT2D eigenvalue weighted by molar-refractivity contribution is 0.301. The molecule has 6 nitrogen and oxygen atoms in total. The van der Waals surface area contributed by atoms with Gasteiger partial charge >= 0.3 is 0 Å². The third-order valence-electron chi connectivity index (χ3n) is 6.90. The lowest BCUT2D eigenvalue weighted by Crippen LogP contribution is -2.18. The van der Waals surface area contributed by atoms with Crippen LogP contribution in [-0.4, -0.2) is 16.7 Å². The van der Waals surface area contributed by atoms with Crippen LogP contribution in [0.25, 0.3) is 27.7 Å². The molecule has 6 rings (SSSR count). The minimum Gasteiger partial charge on any atom is -0.495 e. The summed E-state index contributed by atoms with van der Waals surface area (Å²) in [4.78, 5) is 18.0. The van der Waals surface area contributed by atoms with Gasteiger partial charge in [0.1, 0.15) is 24.2 Å². The summed E-state index contributed by atoms with van der Waals surface area (Å²) in [5.41, 5.74) is 5.86. The molecule has 1 fully saturated rings. The third-order valence-corrected chi connectivity index (χ3v) is 6.90. The molecule has 38 heavy (non-hydrogen) atoms. The fourth-order valence-corrected chi connectivity index (χ4v) is 4.84. The quantitative estimate of drug-likeness (QED) is 0.259. The molecule has 6 heteroatoms. The van der Waals surface area contributed by atoms with Gasteiger partial charge in [0.15, 0.2) is 0 Å². The van der Waals surface area contributed by atoms with Gasteiger partial charge in [0, 0.05) is 23.2 Å². The van der Waals surface area contributed by atoms with E-state index in [0.717, 1.165) is 46.3 Å². The highest BCUT2D eigenvalue weighted by molar-refractivity contribution is 5.79. The van der Waals surface area contributed by atoms with Crippen LogP contribution < -0.4 is 15.0 Å². The third kappa shape index (κ3) is 4.51. The predicted octanol–water partition coefficient (Wildman–Crippen LogP) is 6.39. The highest BCUT2D eigenvalue weighted by Gasteiger charge is 2.28. The van der Waals surface area contributed by atoms with Crippen LogP contribution in [-0.2, 0) is 6.61 Å². The molecule has 0 saturated heterocycles. The molecule has 0 amide bonds. The van der Waals surface area contributed by atoms with Crippen LogP contribution in [0.5, 0.6) is 11.5 Å². The molecule has 2 heterocycles. The van der Waals surface area contributed by atoms with E-state index in [0.29, 0.717) is 23.0 Å². The zero-order valence-electron chi connectivity index (χ0n) is 20.9. The molecule has 2 aromatic heterocycles. The Kier molecular flexibility index (Phi) is 6.11. The van der Waals surface area contributed by atoms with Crippen LogP contribution in [0, 0.1) is 11.3 Å². The SMILES string of the molecule is COc1cc(-c2c(C3CC3)cccc2-n2ccc(OCc3ccc4ccccc4n3)cc2=O)ccc1C#N. The van der Waals surface area contributed by atoms with Crippen molar-refractivity contribution in [2.24, 2.45) is 0 Å². The van der Waals surface area contributed by atoms with Crippen LogP contribution in [0.15, 0.2) is 95.9 Å². The first kappa shape index (κ1) is 23.5. The van der Waals surface area contributed by atoms with Crippen molar-refractivity contribution in [2.75, 3.05) is 7.11 Å². The normalized spacial score (nSPS) is 12.7. The highest BCUT2D eigenvalue weighted by Crippen LogP contribution is 2.46. The summed E-state index contributed by atoms with van der Waals surface area (Å²) in [6, 6.07) is 29.0. The maximum atomic E-state index is 13.3. The maximum Gasteiger partial charge on any atom is 0.258 e. The zero-order chi connectivity index (χ0) is 26.1. The fourth-order valence-electron chi connectivity index (χ4n) is 4.84. The van der Waals surface area contributed by atoms with E-state index in [1.165, 1.54) is 11.6 Å². The second-order valence-corrected chi connectivity index (χ2v) is 9.40. The number of hydrogen-bond donors (Lipinski definition) is 0. The lowest BCUT2D eigenvalue weighted by atomic mass is 9.93. The van der Waals surface area contributed by atoms with E-state index in [9.17, 15) is 10.1 Å². The maximum absolute atomic E-state index is 13.3. The van der Waals surface area contributed by atoms with Crippen molar-refractivity contribution in [3.05, 3.63) is 118 Å². The van der Waals surface area contributed by atoms with Crippen molar-refractivity contribution >= 4 is 10.9 Å². The summed E-state index contributed by atoms with van der Waals surface area (Å²) < 4.78 is 13.1. The van der Waals surface area contributed by atoms with Gasteiger partial charge in [-0.15, -0.1) is 0 Å². The number of pyridine rings is 2. The molecule has 0 unspecified atom stereocenters. The van der Waals surface area contributed by atoms with Crippen molar-refractivity contribution in [2.45, 2.75) is 25.4 Å². The summed E-state index contributed by atoms with van der Waals surface area (Å²) in [7, 11) is 1.56. The van der Waals surface area contributed by atoms with Gasteiger partial charge in [-0.2, -0.15) is 5.26 Å². The first-order valence-corrected chi connectivity index (χ1v) is 12.6. The van der Waals surface area contributed by atoms with Gasteiger partial charge in [0.25, 0.3) is 5.56 Å². The average Bonchev–Trinajstić information content (AvgIpc) is 3.81. The van der Waals surface area contributed by atoms with Crippen molar-refractivity contribution in [3.8, 4) is 34.4 Å². The van der Waals surface area contributed by atoms with Crippen LogP contribution in [0.4, 0.5) is 0 Å². The number of aromatic nitrogens is 2. The molecule has 186 valence electrons. The second-order valence-electron chi connectivity index (χ2n) is 9.40. The predicted molar refractivity (Wildman–Crippen MR) is 147 cm³/mol. The van der Waals surface area contributed by atoms with E-state index in [1.807, 2.05) is 60.7 Å². The number of rotatable bonds is 7. The fraction of sp³-hybridized carbons (Fsp3) is 0.156. The number of nitriles is 1. The Balaban J connectivity index is 1.34. The Labute approximate surface area is 220 Å². The first-order chi connectivity index (χ1) is 18.6. The number of fused-ring (bicyclic) bond motifs is 1. The number of hydrogen-bond acceptors (Lipinski definition) is 5. The van der Waals surface area contributed by atoms with Crippen LogP contribution in [0.3, 0.4) is 0 Å². The number of para-hydroxylation sites is 1. The van der Waals surface area contributed by atoms with E-state index >= 15 is 0 Å². The molecular formula is C32H25N3O3. The van der Waals surface area contributed by atoms with Gasteiger partial charge in [-0.3, -0.25) is 9.36 Å². The van der Waals surface area contributed by atoms with Crippen molar-refractivity contribution in [3.63, 3.8) is 0 Å². The molecule has 5 aromatic rings. The Morgan fingerprint density at radius 1 is 1.00 bits per heavy atom. The molecule has 1 saturated carbocycles. The smallest absolute Gasteiger partial charge is 0.258 e. The van der Waals surface area contributed by atoms with Gasteiger partial charge in [-0.25, -0.2) is 4.98 Å².